The fourth-order valence-electron chi connectivity index (χ4n) is 4.31. The normalized spacial score (nSPS) is 15.1. The summed E-state index contributed by atoms with van der Waals surface area (Å²) in [5, 5.41) is 5.34. The van der Waals surface area contributed by atoms with E-state index in [0.717, 1.165) is 50.4 Å². The van der Waals surface area contributed by atoms with Crippen LogP contribution in [0.3, 0.4) is 0 Å². The van der Waals surface area contributed by atoms with Crippen LogP contribution < -0.4 is 5.32 Å². The van der Waals surface area contributed by atoms with Crippen molar-refractivity contribution >= 4 is 43.6 Å². The number of carbonyl (C=O) groups is 1. The van der Waals surface area contributed by atoms with Crippen molar-refractivity contribution in [3.05, 3.63) is 64.8 Å². The van der Waals surface area contributed by atoms with Gasteiger partial charge in [-0.2, -0.15) is 0 Å². The lowest BCUT2D eigenvalue weighted by molar-refractivity contribution is 0.0923. The molecule has 1 amide bonds. The summed E-state index contributed by atoms with van der Waals surface area (Å²) in [4.78, 5) is 21.4. The molecule has 4 aromatic rings. The molecule has 0 bridgehead atoms. The molecule has 2 aromatic heterocycles. The molecule has 0 radical (unpaired) electrons. The Balaban J connectivity index is 1.66. The number of benzene rings is 2. The molecule has 1 saturated carbocycles. The van der Waals surface area contributed by atoms with Crippen LogP contribution in [-0.2, 0) is 0 Å². The quantitative estimate of drug-likeness (QED) is 0.392. The van der Waals surface area contributed by atoms with Gasteiger partial charge in [0.15, 0.2) is 0 Å². The van der Waals surface area contributed by atoms with E-state index < -0.39 is 0 Å². The molecule has 2 aromatic carbocycles. The number of H-pyrrole nitrogens is 1. The molecule has 29 heavy (non-hydrogen) atoms. The number of fused-ring (bicyclic) bond motifs is 3. The Morgan fingerprint density at radius 2 is 1.83 bits per heavy atom. The summed E-state index contributed by atoms with van der Waals surface area (Å²) < 4.78 is 0.984. The molecule has 1 aliphatic carbocycles. The van der Waals surface area contributed by atoms with Crippen LogP contribution in [0, 0.1) is 0 Å². The van der Waals surface area contributed by atoms with Crippen molar-refractivity contribution in [1.82, 2.24) is 15.3 Å². The number of aromatic nitrogens is 2. The van der Waals surface area contributed by atoms with Crippen molar-refractivity contribution < 1.29 is 4.79 Å². The standard InChI is InChI=1S/C24H22BrN3O/c25-16-8-6-7-15(13-16)22-23-19(18-11-4-5-12-20(18)27-23)14-21(28-22)24(29)26-17-9-2-1-3-10-17/h4-8,11-14,17,27H,1-3,9-10H2,(H,26,29). The number of halogens is 1. The van der Waals surface area contributed by atoms with Gasteiger partial charge in [0.2, 0.25) is 0 Å². The summed E-state index contributed by atoms with van der Waals surface area (Å²) in [6.07, 6.45) is 5.74. The fourth-order valence-corrected chi connectivity index (χ4v) is 4.71. The minimum Gasteiger partial charge on any atom is -0.353 e. The molecule has 5 heteroatoms. The van der Waals surface area contributed by atoms with E-state index in [1.165, 1.54) is 19.3 Å². The first-order valence-corrected chi connectivity index (χ1v) is 11.0. The average molecular weight is 448 g/mol. The lowest BCUT2D eigenvalue weighted by Gasteiger charge is -2.22. The van der Waals surface area contributed by atoms with Gasteiger partial charge in [-0.1, -0.05) is 65.5 Å². The Morgan fingerprint density at radius 3 is 2.66 bits per heavy atom. The second-order valence-corrected chi connectivity index (χ2v) is 8.68. The highest BCUT2D eigenvalue weighted by Crippen LogP contribution is 2.33. The molecular weight excluding hydrogens is 426 g/mol. The summed E-state index contributed by atoms with van der Waals surface area (Å²) >= 11 is 3.55. The smallest absolute Gasteiger partial charge is 0.270 e. The number of nitrogens with one attached hydrogen (secondary N) is 2. The molecule has 2 heterocycles. The fraction of sp³-hybridized carbons (Fsp3) is 0.250. The summed E-state index contributed by atoms with van der Waals surface area (Å²) in [6, 6.07) is 18.4. The van der Waals surface area contributed by atoms with Gasteiger partial charge in [-0.15, -0.1) is 0 Å². The van der Waals surface area contributed by atoms with Crippen LogP contribution >= 0.6 is 15.9 Å². The van der Waals surface area contributed by atoms with Crippen molar-refractivity contribution in [1.29, 1.82) is 0 Å². The van der Waals surface area contributed by atoms with Crippen LogP contribution in [-0.4, -0.2) is 21.9 Å². The number of amides is 1. The van der Waals surface area contributed by atoms with Gasteiger partial charge in [-0.05, 0) is 37.1 Å². The summed E-state index contributed by atoms with van der Waals surface area (Å²) in [7, 11) is 0. The monoisotopic (exact) mass is 447 g/mol. The summed E-state index contributed by atoms with van der Waals surface area (Å²) in [6.45, 7) is 0. The second kappa shape index (κ2) is 7.64. The lowest BCUT2D eigenvalue weighted by atomic mass is 9.95. The van der Waals surface area contributed by atoms with E-state index in [1.807, 2.05) is 42.5 Å². The Bertz CT molecular complexity index is 1210. The Morgan fingerprint density at radius 1 is 1.00 bits per heavy atom. The van der Waals surface area contributed by atoms with Gasteiger partial charge in [0.05, 0.1) is 11.2 Å². The van der Waals surface area contributed by atoms with E-state index in [-0.39, 0.29) is 11.9 Å². The molecule has 5 rings (SSSR count). The van der Waals surface area contributed by atoms with Gasteiger partial charge in [-0.25, -0.2) is 4.98 Å². The number of aromatic amines is 1. The third-order valence-corrected chi connectivity index (χ3v) is 6.26. The first-order chi connectivity index (χ1) is 14.2. The van der Waals surface area contributed by atoms with Crippen molar-refractivity contribution in [2.75, 3.05) is 0 Å². The van der Waals surface area contributed by atoms with Crippen LogP contribution in [0.15, 0.2) is 59.1 Å². The van der Waals surface area contributed by atoms with E-state index in [0.29, 0.717) is 5.69 Å². The molecule has 2 N–H and O–H groups in total. The van der Waals surface area contributed by atoms with Gasteiger partial charge >= 0.3 is 0 Å². The number of pyridine rings is 1. The minimum absolute atomic E-state index is 0.0830. The largest absolute Gasteiger partial charge is 0.353 e. The van der Waals surface area contributed by atoms with E-state index in [2.05, 4.69) is 38.4 Å². The Kier molecular flexibility index (Phi) is 4.84. The molecule has 0 spiro atoms. The predicted octanol–water partition coefficient (Wildman–Crippen LogP) is 6.21. The minimum atomic E-state index is -0.0830. The molecule has 1 aliphatic rings. The van der Waals surface area contributed by atoms with E-state index in [4.69, 9.17) is 4.98 Å². The van der Waals surface area contributed by atoms with E-state index in [1.54, 1.807) is 0 Å². The Labute approximate surface area is 177 Å². The highest BCUT2D eigenvalue weighted by atomic mass is 79.9. The first-order valence-electron chi connectivity index (χ1n) is 10.2. The molecule has 4 nitrogen and oxygen atoms in total. The van der Waals surface area contributed by atoms with Gasteiger partial charge in [-0.3, -0.25) is 4.79 Å². The van der Waals surface area contributed by atoms with Crippen molar-refractivity contribution in [2.45, 2.75) is 38.1 Å². The SMILES string of the molecule is O=C(NC1CCCCC1)c1cc2c([nH]c3ccccc32)c(-c2cccc(Br)c2)n1. The molecule has 0 aliphatic heterocycles. The Hall–Kier alpha value is -2.66. The number of hydrogen-bond acceptors (Lipinski definition) is 2. The van der Waals surface area contributed by atoms with Crippen LogP contribution in [0.4, 0.5) is 0 Å². The maximum absolute atomic E-state index is 13.1. The molecule has 0 atom stereocenters. The first kappa shape index (κ1) is 18.4. The second-order valence-electron chi connectivity index (χ2n) is 7.77. The van der Waals surface area contributed by atoms with Crippen LogP contribution in [0.25, 0.3) is 33.1 Å². The zero-order valence-corrected chi connectivity index (χ0v) is 17.6. The van der Waals surface area contributed by atoms with Gasteiger partial charge in [0, 0.05) is 32.4 Å². The van der Waals surface area contributed by atoms with Gasteiger partial charge in [0.25, 0.3) is 5.91 Å². The topological polar surface area (TPSA) is 57.8 Å². The molecule has 146 valence electrons. The highest BCUT2D eigenvalue weighted by molar-refractivity contribution is 9.10. The number of hydrogen-bond donors (Lipinski definition) is 2. The van der Waals surface area contributed by atoms with E-state index in [9.17, 15) is 4.79 Å². The number of carbonyl (C=O) groups excluding carboxylic acids is 1. The zero-order valence-electron chi connectivity index (χ0n) is 16.0. The van der Waals surface area contributed by atoms with Crippen LogP contribution in [0.5, 0.6) is 0 Å². The molecular formula is C24H22BrN3O. The maximum Gasteiger partial charge on any atom is 0.270 e. The van der Waals surface area contributed by atoms with Crippen molar-refractivity contribution in [3.8, 4) is 11.3 Å². The molecule has 0 unspecified atom stereocenters. The highest BCUT2D eigenvalue weighted by Gasteiger charge is 2.20. The summed E-state index contributed by atoms with van der Waals surface area (Å²) in [5.41, 5.74) is 4.25. The predicted molar refractivity (Wildman–Crippen MR) is 121 cm³/mol. The average Bonchev–Trinajstić information content (AvgIpc) is 3.12. The maximum atomic E-state index is 13.1. The van der Waals surface area contributed by atoms with Gasteiger partial charge in [0.1, 0.15) is 5.69 Å². The number of para-hydroxylation sites is 1. The lowest BCUT2D eigenvalue weighted by Crippen LogP contribution is -2.36. The van der Waals surface area contributed by atoms with Crippen LogP contribution in [0.1, 0.15) is 42.6 Å². The number of nitrogens with zero attached hydrogens (tertiary/aromatic N) is 1. The van der Waals surface area contributed by atoms with Gasteiger partial charge < -0.3 is 10.3 Å². The van der Waals surface area contributed by atoms with E-state index >= 15 is 0 Å². The zero-order chi connectivity index (χ0) is 19.8. The third kappa shape index (κ3) is 3.55. The van der Waals surface area contributed by atoms with Crippen LogP contribution in [0.2, 0.25) is 0 Å². The van der Waals surface area contributed by atoms with Crippen molar-refractivity contribution in [2.24, 2.45) is 0 Å². The molecule has 0 saturated heterocycles. The molecule has 1 fully saturated rings. The van der Waals surface area contributed by atoms with Crippen molar-refractivity contribution in [3.63, 3.8) is 0 Å². The summed E-state index contributed by atoms with van der Waals surface area (Å²) in [5.74, 6) is -0.0830. The number of rotatable bonds is 3. The third-order valence-electron chi connectivity index (χ3n) is 5.77.